The van der Waals surface area contributed by atoms with E-state index >= 15 is 0 Å². The normalized spacial score (nSPS) is 11.3. The number of ether oxygens (including phenoxy) is 1. The van der Waals surface area contributed by atoms with Crippen LogP contribution in [0.15, 0.2) is 76.0 Å². The first kappa shape index (κ1) is 25.9. The summed E-state index contributed by atoms with van der Waals surface area (Å²) in [6.07, 6.45) is 0. The second-order valence-electron chi connectivity index (χ2n) is 7.77. The number of carbonyl (C=O) groups excluding carboxylic acids is 2. The minimum Gasteiger partial charge on any atom is -0.462 e. The molecule has 0 aliphatic heterocycles. The first-order chi connectivity index (χ1) is 17.5. The molecular weight excluding hydrogens is 524 g/mol. The number of carbonyl (C=O) groups is 2. The lowest BCUT2D eigenvalue weighted by molar-refractivity contribution is -0.384. The molecule has 0 spiro atoms. The molecule has 1 aromatic heterocycles. The lowest BCUT2D eigenvalue weighted by atomic mass is 10.1. The second kappa shape index (κ2) is 10.0. The van der Waals surface area contributed by atoms with E-state index in [2.05, 4.69) is 0 Å². The number of esters is 1. The fourth-order valence-corrected chi connectivity index (χ4v) is 5.24. The molecule has 0 fully saturated rings. The third kappa shape index (κ3) is 4.91. The smallest absolute Gasteiger partial charge is 0.342 e. The lowest BCUT2D eigenvalue weighted by Crippen LogP contribution is -2.37. The summed E-state index contributed by atoms with van der Waals surface area (Å²) in [5.74, 6) is -1.37. The van der Waals surface area contributed by atoms with E-state index in [1.54, 1.807) is 13.8 Å². The highest BCUT2D eigenvalue weighted by Gasteiger charge is 2.33. The Bertz CT molecular complexity index is 1630. The Kier molecular flexibility index (Phi) is 7.01. The molecule has 1 amide bonds. The summed E-state index contributed by atoms with van der Waals surface area (Å²) in [5, 5.41) is 11.6. The molecule has 1 heterocycles. The Morgan fingerprint density at radius 1 is 1.05 bits per heavy atom. The number of nitro groups is 1. The Morgan fingerprint density at radius 3 is 2.30 bits per heavy atom. The van der Waals surface area contributed by atoms with Crippen molar-refractivity contribution in [3.05, 3.63) is 98.8 Å². The number of hydrogen-bond donors (Lipinski definition) is 0. The minimum absolute atomic E-state index is 0.0860. The van der Waals surface area contributed by atoms with Gasteiger partial charge in [0.15, 0.2) is 0 Å². The molecule has 0 saturated carbocycles. The average Bonchev–Trinajstić information content (AvgIpc) is 3.19. The highest BCUT2D eigenvalue weighted by atomic mass is 35.5. The fourth-order valence-electron chi connectivity index (χ4n) is 3.71. The maximum absolute atomic E-state index is 13.7. The van der Waals surface area contributed by atoms with E-state index in [4.69, 9.17) is 20.8 Å². The first-order valence-electron chi connectivity index (χ1n) is 10.8. The monoisotopic (exact) mass is 542 g/mol. The number of anilines is 1. The quantitative estimate of drug-likeness (QED) is 0.169. The molecule has 0 bridgehead atoms. The zero-order valence-corrected chi connectivity index (χ0v) is 21.1. The number of amides is 1. The zero-order valence-electron chi connectivity index (χ0n) is 19.5. The molecule has 4 aromatic rings. The van der Waals surface area contributed by atoms with Crippen molar-refractivity contribution in [2.45, 2.75) is 18.7 Å². The summed E-state index contributed by atoms with van der Waals surface area (Å²) < 4.78 is 38.8. The van der Waals surface area contributed by atoms with Crippen LogP contribution in [0, 0.1) is 17.0 Å². The molecule has 0 aliphatic rings. The number of benzene rings is 3. The van der Waals surface area contributed by atoms with Gasteiger partial charge in [-0.15, -0.1) is 0 Å². The highest BCUT2D eigenvalue weighted by molar-refractivity contribution is 7.93. The van der Waals surface area contributed by atoms with Crippen molar-refractivity contribution in [2.75, 3.05) is 10.9 Å². The number of furan rings is 1. The molecule has 37 heavy (non-hydrogen) atoms. The van der Waals surface area contributed by atoms with E-state index in [9.17, 15) is 28.1 Å². The fraction of sp³-hybridized carbons (Fsp3) is 0.120. The molecule has 0 saturated heterocycles. The average molecular weight is 543 g/mol. The van der Waals surface area contributed by atoms with Gasteiger partial charge in [-0.2, -0.15) is 4.31 Å². The van der Waals surface area contributed by atoms with Gasteiger partial charge in [0.2, 0.25) is 0 Å². The topological polar surface area (TPSA) is 137 Å². The van der Waals surface area contributed by atoms with Gasteiger partial charge < -0.3 is 9.15 Å². The van der Waals surface area contributed by atoms with Gasteiger partial charge in [-0.05, 0) is 68.4 Å². The molecule has 0 atom stereocenters. The molecular formula is C25H19ClN2O8S. The molecule has 4 rings (SSSR count). The molecule has 0 aliphatic carbocycles. The van der Waals surface area contributed by atoms with E-state index in [0.29, 0.717) is 9.33 Å². The number of nitro benzene ring substituents is 1. The van der Waals surface area contributed by atoms with Crippen LogP contribution in [0.5, 0.6) is 0 Å². The number of halogens is 1. The van der Waals surface area contributed by atoms with Gasteiger partial charge in [0.1, 0.15) is 16.9 Å². The summed E-state index contributed by atoms with van der Waals surface area (Å²) >= 11 is 5.91. The molecule has 0 N–H and O–H groups in total. The summed E-state index contributed by atoms with van der Waals surface area (Å²) in [6, 6.07) is 13.9. The number of fused-ring (bicyclic) bond motifs is 1. The molecule has 0 radical (unpaired) electrons. The molecule has 190 valence electrons. The maximum Gasteiger partial charge on any atom is 0.342 e. The Labute approximate surface area is 216 Å². The van der Waals surface area contributed by atoms with Gasteiger partial charge in [0.05, 0.1) is 22.1 Å². The van der Waals surface area contributed by atoms with E-state index in [1.807, 2.05) is 0 Å². The highest BCUT2D eigenvalue weighted by Crippen LogP contribution is 2.33. The lowest BCUT2D eigenvalue weighted by Gasteiger charge is -2.23. The summed E-state index contributed by atoms with van der Waals surface area (Å²) in [4.78, 5) is 36.3. The zero-order chi connectivity index (χ0) is 26.9. The van der Waals surface area contributed by atoms with E-state index in [1.165, 1.54) is 42.5 Å². The first-order valence-corrected chi connectivity index (χ1v) is 12.7. The van der Waals surface area contributed by atoms with Gasteiger partial charge in [-0.3, -0.25) is 14.9 Å². The number of rotatable bonds is 7. The van der Waals surface area contributed by atoms with Crippen LogP contribution in [-0.4, -0.2) is 31.8 Å². The van der Waals surface area contributed by atoms with Crippen molar-refractivity contribution in [1.29, 1.82) is 0 Å². The van der Waals surface area contributed by atoms with Gasteiger partial charge in [0.25, 0.3) is 21.6 Å². The molecule has 0 unspecified atom stereocenters. The summed E-state index contributed by atoms with van der Waals surface area (Å²) in [7, 11) is -4.51. The van der Waals surface area contributed by atoms with Crippen LogP contribution in [0.2, 0.25) is 5.02 Å². The maximum atomic E-state index is 13.7. The van der Waals surface area contributed by atoms with Crippen molar-refractivity contribution < 1.29 is 32.1 Å². The largest absolute Gasteiger partial charge is 0.462 e. The number of aryl methyl sites for hydroxylation is 1. The predicted octanol–water partition coefficient (Wildman–Crippen LogP) is 5.52. The summed E-state index contributed by atoms with van der Waals surface area (Å²) in [6.45, 7) is 3.32. The number of non-ortho nitro benzene ring substituents is 1. The van der Waals surface area contributed by atoms with Crippen LogP contribution < -0.4 is 4.31 Å². The van der Waals surface area contributed by atoms with Crippen molar-refractivity contribution in [1.82, 2.24) is 0 Å². The van der Waals surface area contributed by atoms with Gasteiger partial charge in [0, 0.05) is 28.1 Å². The number of nitrogens with zero attached hydrogens (tertiary/aromatic N) is 2. The summed E-state index contributed by atoms with van der Waals surface area (Å²) in [5.41, 5.74) is -0.0753. The third-order valence-electron chi connectivity index (χ3n) is 5.42. The molecule has 3 aromatic carbocycles. The standard InChI is InChI=1S/C25H19ClN2O8S/c1-3-35-25(30)23-15(2)36-22-13-10-19(14-21(22)23)27(37(33,34)20-11-6-17(26)7-12-20)24(29)16-4-8-18(9-5-16)28(31)32/h4-14H,3H2,1-2H3. The SMILES string of the molecule is CCOC(=O)c1c(C)oc2ccc(N(C(=O)c3ccc([N+](=O)[O-])cc3)S(=O)(=O)c3ccc(Cl)cc3)cc12. The van der Waals surface area contributed by atoms with Gasteiger partial charge in [-0.1, -0.05) is 11.6 Å². The van der Waals surface area contributed by atoms with E-state index in [0.717, 1.165) is 24.3 Å². The van der Waals surface area contributed by atoms with Crippen molar-refractivity contribution in [3.8, 4) is 0 Å². The van der Waals surface area contributed by atoms with Crippen LogP contribution in [0.4, 0.5) is 11.4 Å². The molecule has 10 nitrogen and oxygen atoms in total. The third-order valence-corrected chi connectivity index (χ3v) is 7.40. The van der Waals surface area contributed by atoms with Crippen LogP contribution in [0.3, 0.4) is 0 Å². The van der Waals surface area contributed by atoms with Gasteiger partial charge in [-0.25, -0.2) is 13.2 Å². The minimum atomic E-state index is -4.51. The van der Waals surface area contributed by atoms with E-state index in [-0.39, 0.29) is 50.7 Å². The number of sulfonamides is 1. The Morgan fingerprint density at radius 2 is 1.70 bits per heavy atom. The van der Waals surface area contributed by atoms with Crippen LogP contribution in [0.25, 0.3) is 11.0 Å². The van der Waals surface area contributed by atoms with Crippen molar-refractivity contribution in [2.24, 2.45) is 0 Å². The Hall–Kier alpha value is -4.22. The van der Waals surface area contributed by atoms with Crippen LogP contribution in [0.1, 0.15) is 33.4 Å². The second-order valence-corrected chi connectivity index (χ2v) is 9.99. The predicted molar refractivity (Wildman–Crippen MR) is 135 cm³/mol. The van der Waals surface area contributed by atoms with Crippen molar-refractivity contribution >= 4 is 55.8 Å². The van der Waals surface area contributed by atoms with E-state index < -0.39 is 26.8 Å². The molecule has 12 heteroatoms. The van der Waals surface area contributed by atoms with Crippen LogP contribution in [-0.2, 0) is 14.8 Å². The Balaban J connectivity index is 1.92. The number of hydrogen-bond acceptors (Lipinski definition) is 8. The van der Waals surface area contributed by atoms with Crippen molar-refractivity contribution in [3.63, 3.8) is 0 Å². The van der Waals surface area contributed by atoms with Gasteiger partial charge >= 0.3 is 5.97 Å². The van der Waals surface area contributed by atoms with Crippen LogP contribution >= 0.6 is 11.6 Å².